The number of ketones is 1. The van der Waals surface area contributed by atoms with Crippen LogP contribution in [0.5, 0.6) is 0 Å². The Morgan fingerprint density at radius 3 is 1.62 bits per heavy atom. The van der Waals surface area contributed by atoms with Gasteiger partial charge in [-0.2, -0.15) is 0 Å². The number of Topliss-reactive ketones (excluding diaryl/α,β-unsaturated/α-hetero) is 1. The summed E-state index contributed by atoms with van der Waals surface area (Å²) in [5.41, 5.74) is -0.267. The van der Waals surface area contributed by atoms with E-state index in [4.69, 9.17) is 4.99 Å². The van der Waals surface area contributed by atoms with Crippen LogP contribution in [-0.2, 0) is 4.79 Å². The Bertz CT molecular complexity index is 756. The molecule has 2 heterocycles. The highest BCUT2D eigenvalue weighted by Crippen LogP contribution is 2.41. The third-order valence-corrected chi connectivity index (χ3v) is 8.40. The van der Waals surface area contributed by atoms with Gasteiger partial charge in [-0.3, -0.25) is 19.6 Å². The van der Waals surface area contributed by atoms with Crippen LogP contribution < -0.4 is 5.32 Å². The molecule has 3 rings (SSSR count). The fourth-order valence-electron chi connectivity index (χ4n) is 7.47. The van der Waals surface area contributed by atoms with Crippen LogP contribution >= 0.6 is 0 Å². The van der Waals surface area contributed by atoms with Gasteiger partial charge in [-0.05, 0) is 81.1 Å². The quantitative estimate of drug-likeness (QED) is 0.436. The van der Waals surface area contributed by atoms with E-state index in [0.29, 0.717) is 18.8 Å². The van der Waals surface area contributed by atoms with E-state index >= 15 is 0 Å². The van der Waals surface area contributed by atoms with Crippen LogP contribution in [0.15, 0.2) is 4.99 Å². The van der Waals surface area contributed by atoms with Crippen molar-refractivity contribution in [3.05, 3.63) is 0 Å². The van der Waals surface area contributed by atoms with Crippen molar-refractivity contribution in [1.82, 2.24) is 15.1 Å². The fourth-order valence-corrected chi connectivity index (χ4v) is 7.47. The molecule has 34 heavy (non-hydrogen) atoms. The van der Waals surface area contributed by atoms with Crippen LogP contribution in [0.1, 0.15) is 81.1 Å². The smallest absolute Gasteiger partial charge is 0.199 e. The second kappa shape index (κ2) is 9.52. The van der Waals surface area contributed by atoms with Gasteiger partial charge in [-0.15, -0.1) is 0 Å². The van der Waals surface area contributed by atoms with Crippen LogP contribution in [0.4, 0.5) is 0 Å². The van der Waals surface area contributed by atoms with Crippen molar-refractivity contribution >= 4 is 11.5 Å². The Morgan fingerprint density at radius 2 is 1.24 bits per heavy atom. The summed E-state index contributed by atoms with van der Waals surface area (Å²) in [6, 6.07) is -0.533. The minimum Gasteiger partial charge on any atom is -0.395 e. The predicted molar refractivity (Wildman–Crippen MR) is 135 cm³/mol. The zero-order valence-electron chi connectivity index (χ0n) is 22.6. The molecule has 0 bridgehead atoms. The van der Waals surface area contributed by atoms with Crippen LogP contribution in [0.3, 0.4) is 0 Å². The first-order valence-corrected chi connectivity index (χ1v) is 12.9. The van der Waals surface area contributed by atoms with Gasteiger partial charge in [-0.25, -0.2) is 0 Å². The number of aliphatic hydroxyl groups excluding tert-OH is 3. The number of rotatable bonds is 7. The molecule has 8 nitrogen and oxygen atoms in total. The van der Waals surface area contributed by atoms with E-state index in [1.54, 1.807) is 0 Å². The van der Waals surface area contributed by atoms with E-state index in [1.165, 1.54) is 0 Å². The lowest BCUT2D eigenvalue weighted by molar-refractivity contribution is -0.122. The number of nitrogens with one attached hydrogen (secondary N) is 1. The molecule has 0 amide bonds. The SMILES string of the molecule is CC1(C)CC(N=C2C(=O)C(NC3CC(C)(C)N(CCO)C(C)(C)C3)C2O)CC(C)(C)N1CCO. The number of hydrogen-bond acceptors (Lipinski definition) is 8. The first-order valence-electron chi connectivity index (χ1n) is 12.9. The summed E-state index contributed by atoms with van der Waals surface area (Å²) in [4.78, 5) is 22.5. The first kappa shape index (κ1) is 27.7. The Kier molecular flexibility index (Phi) is 7.75. The van der Waals surface area contributed by atoms with Crippen LogP contribution in [0, 0.1) is 0 Å². The molecule has 0 radical (unpaired) electrons. The van der Waals surface area contributed by atoms with Crippen molar-refractivity contribution in [3.63, 3.8) is 0 Å². The van der Waals surface area contributed by atoms with Gasteiger partial charge in [0.05, 0.1) is 19.3 Å². The van der Waals surface area contributed by atoms with Crippen LogP contribution in [0.2, 0.25) is 0 Å². The number of likely N-dealkylation sites (tertiary alicyclic amines) is 2. The standard InChI is InChI=1S/C26H48N4O4/c1-23(2)13-17(14-24(3,4)29(23)9-11-31)27-19-21(33)20(22(19)34)28-18-15-25(5,6)30(10-12-32)26(7,8)16-18/h17-19,21,27,31-33H,9-16H2,1-8H3. The van der Waals surface area contributed by atoms with Gasteiger partial charge >= 0.3 is 0 Å². The second-order valence-corrected chi connectivity index (χ2v) is 13.1. The summed E-state index contributed by atoms with van der Waals surface area (Å²) in [6.07, 6.45) is 2.36. The summed E-state index contributed by atoms with van der Waals surface area (Å²) in [5, 5.41) is 33.4. The minimum atomic E-state index is -0.879. The van der Waals surface area contributed by atoms with Crippen LogP contribution in [0.25, 0.3) is 0 Å². The summed E-state index contributed by atoms with van der Waals surface area (Å²) in [5.74, 6) is -0.0886. The monoisotopic (exact) mass is 480 g/mol. The molecule has 0 spiro atoms. The van der Waals surface area contributed by atoms with Gasteiger partial charge in [0.25, 0.3) is 0 Å². The van der Waals surface area contributed by atoms with E-state index in [-0.39, 0.29) is 53.2 Å². The number of carbonyl (C=O) groups is 1. The predicted octanol–water partition coefficient (Wildman–Crippen LogP) is 1.36. The molecule has 0 aromatic heterocycles. The molecule has 0 aromatic carbocycles. The maximum absolute atomic E-state index is 13.1. The molecule has 3 aliphatic rings. The van der Waals surface area contributed by atoms with E-state index in [9.17, 15) is 20.1 Å². The lowest BCUT2D eigenvalue weighted by atomic mass is 9.75. The highest BCUT2D eigenvalue weighted by Gasteiger charge is 2.52. The average molecular weight is 481 g/mol. The summed E-state index contributed by atoms with van der Waals surface area (Å²) < 4.78 is 0. The molecule has 8 heteroatoms. The normalized spacial score (nSPS) is 33.3. The molecule has 3 fully saturated rings. The molecule has 1 saturated carbocycles. The van der Waals surface area contributed by atoms with E-state index < -0.39 is 12.1 Å². The third kappa shape index (κ3) is 5.27. The lowest BCUT2D eigenvalue weighted by Gasteiger charge is -2.56. The maximum atomic E-state index is 13.1. The molecule has 2 unspecified atom stereocenters. The minimum absolute atomic E-state index is 0.0333. The average Bonchev–Trinajstić information content (AvgIpc) is 2.68. The molecular formula is C26H48N4O4. The fraction of sp³-hybridized carbons (Fsp3) is 0.923. The maximum Gasteiger partial charge on any atom is 0.199 e. The Hall–Kier alpha value is -0.900. The highest BCUT2D eigenvalue weighted by molar-refractivity contribution is 6.50. The van der Waals surface area contributed by atoms with Gasteiger partial charge in [0.15, 0.2) is 5.78 Å². The topological polar surface area (TPSA) is 109 Å². The molecule has 196 valence electrons. The number of carbonyl (C=O) groups excluding carboxylic acids is 1. The molecule has 0 aromatic rings. The van der Waals surface area contributed by atoms with Gasteiger partial charge in [-0.1, -0.05) is 0 Å². The number of nitrogens with zero attached hydrogens (tertiary/aromatic N) is 3. The number of β-amino-alcohol motifs (C(OH)–C–C–N with tert-alkyl or cyclic N) is 2. The van der Waals surface area contributed by atoms with Crippen molar-refractivity contribution in [3.8, 4) is 0 Å². The van der Waals surface area contributed by atoms with Crippen molar-refractivity contribution in [2.24, 2.45) is 4.99 Å². The third-order valence-electron chi connectivity index (χ3n) is 8.40. The van der Waals surface area contributed by atoms with Crippen molar-refractivity contribution in [2.75, 3.05) is 26.3 Å². The zero-order valence-corrected chi connectivity index (χ0v) is 22.6. The Morgan fingerprint density at radius 1 is 0.824 bits per heavy atom. The Balaban J connectivity index is 1.68. The molecule has 2 saturated heterocycles. The van der Waals surface area contributed by atoms with Gasteiger partial charge in [0.1, 0.15) is 17.9 Å². The molecule has 1 aliphatic carbocycles. The largest absolute Gasteiger partial charge is 0.395 e. The second-order valence-electron chi connectivity index (χ2n) is 13.1. The van der Waals surface area contributed by atoms with Crippen molar-refractivity contribution < 1.29 is 20.1 Å². The van der Waals surface area contributed by atoms with E-state index in [2.05, 4.69) is 70.5 Å². The van der Waals surface area contributed by atoms with Crippen molar-refractivity contribution in [1.29, 1.82) is 0 Å². The number of piperidine rings is 2. The molecule has 2 atom stereocenters. The van der Waals surface area contributed by atoms with Gasteiger partial charge < -0.3 is 20.6 Å². The summed E-state index contributed by atoms with van der Waals surface area (Å²) >= 11 is 0. The molecule has 2 aliphatic heterocycles. The number of hydrogen-bond donors (Lipinski definition) is 4. The van der Waals surface area contributed by atoms with Gasteiger partial charge in [0.2, 0.25) is 0 Å². The van der Waals surface area contributed by atoms with E-state index in [0.717, 1.165) is 25.7 Å². The number of aliphatic hydroxyl groups is 3. The Labute approximate surface area is 205 Å². The highest BCUT2D eigenvalue weighted by atomic mass is 16.3. The summed E-state index contributed by atoms with van der Waals surface area (Å²) in [7, 11) is 0. The van der Waals surface area contributed by atoms with Crippen molar-refractivity contribution in [2.45, 2.75) is 127 Å². The molecule has 4 N–H and O–H groups in total. The van der Waals surface area contributed by atoms with E-state index in [1.807, 2.05) is 0 Å². The molecular weight excluding hydrogens is 432 g/mol. The van der Waals surface area contributed by atoms with Crippen LogP contribution in [-0.4, -0.2) is 109 Å². The number of aliphatic imine (C=N–C) groups is 1. The van der Waals surface area contributed by atoms with Gasteiger partial charge in [0, 0.05) is 41.3 Å². The lowest BCUT2D eigenvalue weighted by Crippen LogP contribution is -2.70. The first-order chi connectivity index (χ1) is 15.6. The zero-order chi connectivity index (χ0) is 25.7. The summed E-state index contributed by atoms with van der Waals surface area (Å²) in [6.45, 7) is 18.8.